The minimum Gasteiger partial charge on any atom is -0.495 e. The number of nitrogens with zero attached hydrogens (tertiary/aromatic N) is 5. The van der Waals surface area contributed by atoms with Gasteiger partial charge >= 0.3 is 0 Å². The van der Waals surface area contributed by atoms with Gasteiger partial charge in [-0.1, -0.05) is 0 Å². The largest absolute Gasteiger partial charge is 0.495 e. The van der Waals surface area contributed by atoms with Crippen LogP contribution in [0.3, 0.4) is 0 Å². The average molecular weight is 425 g/mol. The van der Waals surface area contributed by atoms with Gasteiger partial charge in [0.05, 0.1) is 13.3 Å². The zero-order valence-electron chi connectivity index (χ0n) is 18.5. The normalized spacial score (nSPS) is 13.9. The monoisotopic (exact) mass is 425 g/mol. The minimum absolute atomic E-state index is 0.0125. The highest BCUT2D eigenvalue weighted by molar-refractivity contribution is 6.60. The lowest BCUT2D eigenvalue weighted by atomic mass is 9.49. The Morgan fingerprint density at radius 1 is 1.19 bits per heavy atom. The van der Waals surface area contributed by atoms with E-state index in [1.165, 1.54) is 0 Å². The van der Waals surface area contributed by atoms with E-state index in [4.69, 9.17) is 4.74 Å². The molecule has 0 aromatic carbocycles. The van der Waals surface area contributed by atoms with E-state index in [2.05, 4.69) is 54.2 Å². The molecule has 1 aliphatic rings. The Bertz CT molecular complexity index is 1350. The van der Waals surface area contributed by atoms with Gasteiger partial charge in [-0.25, -0.2) is 19.5 Å². The molecular weight excluding hydrogens is 403 g/mol. The zero-order chi connectivity index (χ0) is 22.5. The van der Waals surface area contributed by atoms with E-state index < -0.39 is 0 Å². The Kier molecular flexibility index (Phi) is 4.80. The maximum absolute atomic E-state index is 12.3. The van der Waals surface area contributed by atoms with E-state index in [1.54, 1.807) is 30.2 Å². The molecular formula is C20H22B3N7O2. The van der Waals surface area contributed by atoms with Gasteiger partial charge in [0.1, 0.15) is 40.9 Å². The van der Waals surface area contributed by atoms with Crippen molar-refractivity contribution in [1.82, 2.24) is 24.6 Å². The molecule has 9 nitrogen and oxygen atoms in total. The molecule has 4 aromatic rings. The average Bonchev–Trinajstić information content (AvgIpc) is 3.52. The molecule has 0 unspecified atom stereocenters. The summed E-state index contributed by atoms with van der Waals surface area (Å²) in [6.45, 7) is 0. The van der Waals surface area contributed by atoms with Crippen LogP contribution >= 0.6 is 0 Å². The predicted molar refractivity (Wildman–Crippen MR) is 131 cm³/mol. The van der Waals surface area contributed by atoms with Gasteiger partial charge in [0.25, 0.3) is 0 Å². The Morgan fingerprint density at radius 2 is 2.00 bits per heavy atom. The number of carbonyl (C=O) groups excluding carboxylic acids is 1. The van der Waals surface area contributed by atoms with E-state index in [1.807, 2.05) is 18.2 Å². The summed E-state index contributed by atoms with van der Waals surface area (Å²) in [5.74, 6) is 2.55. The number of pyridine rings is 3. The summed E-state index contributed by atoms with van der Waals surface area (Å²) in [5, 5.41) is 12.5. The first kappa shape index (κ1) is 20.4. The maximum Gasteiger partial charge on any atom is 0.228 e. The van der Waals surface area contributed by atoms with Crippen LogP contribution < -0.4 is 15.4 Å². The van der Waals surface area contributed by atoms with Gasteiger partial charge in [0.15, 0.2) is 11.5 Å². The van der Waals surface area contributed by atoms with Gasteiger partial charge in [-0.05, 0) is 36.3 Å². The number of anilines is 2. The lowest BCUT2D eigenvalue weighted by Gasteiger charge is -2.23. The number of amides is 1. The minimum atomic E-state index is -0.182. The van der Waals surface area contributed by atoms with Crippen molar-refractivity contribution in [2.75, 3.05) is 17.7 Å². The van der Waals surface area contributed by atoms with Gasteiger partial charge in [0, 0.05) is 34.6 Å². The van der Waals surface area contributed by atoms with Crippen molar-refractivity contribution >= 4 is 57.5 Å². The molecule has 1 amide bonds. The smallest absolute Gasteiger partial charge is 0.228 e. The summed E-state index contributed by atoms with van der Waals surface area (Å²) in [5.41, 5.74) is 1.45. The van der Waals surface area contributed by atoms with Crippen molar-refractivity contribution in [2.24, 2.45) is 5.92 Å². The molecule has 1 fully saturated rings. The number of carbonyl (C=O) groups is 1. The van der Waals surface area contributed by atoms with Crippen molar-refractivity contribution in [3.8, 4) is 17.1 Å². The molecule has 1 aliphatic carbocycles. The molecule has 0 atom stereocenters. The molecule has 12 heteroatoms. The summed E-state index contributed by atoms with van der Waals surface area (Å²) in [6, 6.07) is 5.56. The van der Waals surface area contributed by atoms with E-state index in [-0.39, 0.29) is 17.1 Å². The van der Waals surface area contributed by atoms with Crippen molar-refractivity contribution in [2.45, 2.75) is 18.1 Å². The molecule has 2 N–H and O–H groups in total. The Morgan fingerprint density at radius 3 is 2.72 bits per heavy atom. The number of rotatable bonds is 6. The standard InChI is InChI=1S/C20H22B3N7O2/c1-32-11-4-5-16-27-18(29-30(16)9-11)14-8-25-17(28-20(21,22)23)13-7-24-15(6-12(13)14)26-19(31)10-2-3-10/h4-10H,2-3,21-23H2,1H3,(H,25,28)(H,24,26,31). The van der Waals surface area contributed by atoms with Crippen LogP contribution in [0, 0.1) is 5.92 Å². The Labute approximate surface area is 187 Å². The highest BCUT2D eigenvalue weighted by Crippen LogP contribution is 2.33. The van der Waals surface area contributed by atoms with Crippen LogP contribution in [0.5, 0.6) is 5.75 Å². The number of nitrogens with one attached hydrogen (secondary N) is 2. The molecule has 0 saturated heterocycles. The van der Waals surface area contributed by atoms with E-state index in [9.17, 15) is 4.79 Å². The highest BCUT2D eigenvalue weighted by Gasteiger charge is 2.30. The van der Waals surface area contributed by atoms with Gasteiger partial charge in [-0.15, -0.1) is 5.10 Å². The lowest BCUT2D eigenvalue weighted by Crippen LogP contribution is -2.40. The van der Waals surface area contributed by atoms with Crippen molar-refractivity contribution in [3.63, 3.8) is 0 Å². The second kappa shape index (κ2) is 7.54. The number of ether oxygens (including phenoxy) is 1. The van der Waals surface area contributed by atoms with Crippen molar-refractivity contribution in [3.05, 3.63) is 36.8 Å². The van der Waals surface area contributed by atoms with E-state index in [0.29, 0.717) is 28.9 Å². The first-order chi connectivity index (χ1) is 15.3. The van der Waals surface area contributed by atoms with Gasteiger partial charge < -0.3 is 15.4 Å². The van der Waals surface area contributed by atoms with Gasteiger partial charge in [0.2, 0.25) is 5.91 Å². The molecule has 0 spiro atoms. The second-order valence-corrected chi connectivity index (χ2v) is 9.08. The van der Waals surface area contributed by atoms with Crippen LogP contribution in [0.4, 0.5) is 11.6 Å². The molecule has 5 rings (SSSR count). The number of hydrogen-bond acceptors (Lipinski definition) is 7. The van der Waals surface area contributed by atoms with Crippen molar-refractivity contribution in [1.29, 1.82) is 0 Å². The molecule has 158 valence electrons. The predicted octanol–water partition coefficient (Wildman–Crippen LogP) is -0.381. The SMILES string of the molecule is BC(B)(B)Nc1ncc(-c2nc3ccc(OC)cn3n2)c2cc(NC(=O)C3CC3)ncc12. The number of fused-ring (bicyclic) bond motifs is 2. The Balaban J connectivity index is 1.64. The van der Waals surface area contributed by atoms with E-state index >= 15 is 0 Å². The van der Waals surface area contributed by atoms with Crippen molar-refractivity contribution < 1.29 is 9.53 Å². The third-order valence-electron chi connectivity index (χ3n) is 5.25. The number of aromatic nitrogens is 5. The fraction of sp³-hybridized carbons (Fsp3) is 0.250. The van der Waals surface area contributed by atoms with Crippen LogP contribution in [0.2, 0.25) is 0 Å². The van der Waals surface area contributed by atoms with Gasteiger partial charge in [-0.3, -0.25) is 4.79 Å². The molecule has 4 aromatic heterocycles. The van der Waals surface area contributed by atoms with E-state index in [0.717, 1.165) is 29.2 Å². The molecule has 4 heterocycles. The fourth-order valence-corrected chi connectivity index (χ4v) is 3.51. The third kappa shape index (κ3) is 4.00. The molecule has 0 bridgehead atoms. The lowest BCUT2D eigenvalue weighted by molar-refractivity contribution is -0.117. The number of hydrogen-bond donors (Lipinski definition) is 2. The summed E-state index contributed by atoms with van der Waals surface area (Å²) >= 11 is 0. The van der Waals surface area contributed by atoms with Crippen LogP contribution in [0.15, 0.2) is 36.8 Å². The first-order valence-corrected chi connectivity index (χ1v) is 10.6. The Hall–Kier alpha value is -3.56. The first-order valence-electron chi connectivity index (χ1n) is 10.6. The fourth-order valence-electron chi connectivity index (χ4n) is 3.51. The molecule has 1 saturated carbocycles. The third-order valence-corrected chi connectivity index (χ3v) is 5.25. The zero-order valence-corrected chi connectivity index (χ0v) is 18.5. The van der Waals surface area contributed by atoms with Crippen LogP contribution in [0.1, 0.15) is 12.8 Å². The summed E-state index contributed by atoms with van der Waals surface area (Å²) in [7, 11) is 7.83. The van der Waals surface area contributed by atoms with Gasteiger partial charge in [-0.2, -0.15) is 0 Å². The van der Waals surface area contributed by atoms with Crippen LogP contribution in [-0.4, -0.2) is 66.4 Å². The quantitative estimate of drug-likeness (QED) is 0.406. The number of methoxy groups -OCH3 is 1. The van der Waals surface area contributed by atoms with Crippen LogP contribution in [-0.2, 0) is 4.79 Å². The highest BCUT2D eigenvalue weighted by atomic mass is 16.5. The maximum atomic E-state index is 12.3. The second-order valence-electron chi connectivity index (χ2n) is 9.08. The summed E-state index contributed by atoms with van der Waals surface area (Å²) in [4.78, 5) is 26.1. The molecule has 0 aliphatic heterocycles. The summed E-state index contributed by atoms with van der Waals surface area (Å²) < 4.78 is 6.97. The topological polar surface area (TPSA) is 106 Å². The van der Waals surface area contributed by atoms with Crippen LogP contribution in [0.25, 0.3) is 27.8 Å². The summed E-state index contributed by atoms with van der Waals surface area (Å²) in [6.07, 6.45) is 7.14. The molecule has 0 radical (unpaired) electrons. The molecule has 32 heavy (non-hydrogen) atoms.